The van der Waals surface area contributed by atoms with Crippen molar-refractivity contribution in [2.45, 2.75) is 45.3 Å². The predicted octanol–water partition coefficient (Wildman–Crippen LogP) is 3.37. The first-order chi connectivity index (χ1) is 12.1. The Kier molecular flexibility index (Phi) is 6.69. The van der Waals surface area contributed by atoms with Crippen LogP contribution >= 0.6 is 11.6 Å². The molecule has 1 aliphatic heterocycles. The number of piperidine rings is 1. The molecule has 26 heavy (non-hydrogen) atoms. The lowest BCUT2D eigenvalue weighted by Crippen LogP contribution is -2.48. The molecule has 0 atom stereocenters. The highest BCUT2D eigenvalue weighted by molar-refractivity contribution is 6.30. The maximum absolute atomic E-state index is 13.3. The fourth-order valence-electron chi connectivity index (χ4n) is 2.52. The van der Waals surface area contributed by atoms with E-state index >= 15 is 0 Å². The van der Waals surface area contributed by atoms with E-state index < -0.39 is 11.4 Å². The number of rotatable bonds is 4. The lowest BCUT2D eigenvalue weighted by Gasteiger charge is -2.33. The number of nitrogens with zero attached hydrogens (tertiary/aromatic N) is 1. The Morgan fingerprint density at radius 2 is 1.96 bits per heavy atom. The average molecular weight is 387 g/mol. The fourth-order valence-corrected chi connectivity index (χ4v) is 2.64. The summed E-state index contributed by atoms with van der Waals surface area (Å²) in [5, 5.41) is 2.86. The molecule has 144 valence electrons. The molecule has 2 rings (SSSR count). The lowest BCUT2D eigenvalue weighted by molar-refractivity contribution is -0.124. The molecule has 0 aromatic heterocycles. The highest BCUT2D eigenvalue weighted by Gasteiger charge is 2.27. The predicted molar refractivity (Wildman–Crippen MR) is 95.9 cm³/mol. The minimum absolute atomic E-state index is 0.00134. The molecule has 1 heterocycles. The zero-order chi connectivity index (χ0) is 19.3. The highest BCUT2D eigenvalue weighted by atomic mass is 35.5. The third-order valence-corrected chi connectivity index (χ3v) is 4.08. The zero-order valence-electron chi connectivity index (χ0n) is 15.2. The zero-order valence-corrected chi connectivity index (χ0v) is 15.9. The van der Waals surface area contributed by atoms with Crippen molar-refractivity contribution in [1.29, 1.82) is 0 Å². The summed E-state index contributed by atoms with van der Waals surface area (Å²) < 4.78 is 23.9. The standard InChI is InChI=1S/C18H24ClFN2O4/c1-18(2,3)26-17(24)22-8-6-12(7-9-22)21-16(23)11-25-13-4-5-14(19)15(20)10-13/h4-5,10,12H,6-9,11H2,1-3H3,(H,21,23). The summed E-state index contributed by atoms with van der Waals surface area (Å²) >= 11 is 5.59. The molecule has 6 nitrogen and oxygen atoms in total. The van der Waals surface area contributed by atoms with Crippen molar-refractivity contribution in [2.24, 2.45) is 0 Å². The topological polar surface area (TPSA) is 67.9 Å². The summed E-state index contributed by atoms with van der Waals surface area (Å²) in [6, 6.07) is 3.97. The molecule has 0 radical (unpaired) electrons. The molecule has 0 aliphatic carbocycles. The van der Waals surface area contributed by atoms with Gasteiger partial charge in [0.2, 0.25) is 0 Å². The molecule has 2 amide bonds. The van der Waals surface area contributed by atoms with Gasteiger partial charge in [-0.2, -0.15) is 0 Å². The molecule has 1 aromatic carbocycles. The minimum atomic E-state index is -0.598. The van der Waals surface area contributed by atoms with Crippen LogP contribution in [0.3, 0.4) is 0 Å². The van der Waals surface area contributed by atoms with Crippen molar-refractivity contribution in [3.8, 4) is 5.75 Å². The number of carbonyl (C=O) groups excluding carboxylic acids is 2. The van der Waals surface area contributed by atoms with Gasteiger partial charge in [0.25, 0.3) is 5.91 Å². The highest BCUT2D eigenvalue weighted by Crippen LogP contribution is 2.20. The van der Waals surface area contributed by atoms with Crippen LogP contribution in [-0.4, -0.2) is 48.2 Å². The summed E-state index contributed by atoms with van der Waals surface area (Å²) in [4.78, 5) is 25.6. The third-order valence-electron chi connectivity index (χ3n) is 3.77. The van der Waals surface area contributed by atoms with E-state index in [2.05, 4.69) is 5.32 Å². The molecule has 1 N–H and O–H groups in total. The summed E-state index contributed by atoms with van der Waals surface area (Å²) in [6.07, 6.45) is 0.941. The number of halogens is 2. The van der Waals surface area contributed by atoms with Gasteiger partial charge in [0.1, 0.15) is 17.2 Å². The van der Waals surface area contributed by atoms with E-state index in [0.29, 0.717) is 25.9 Å². The molecule has 1 aromatic rings. The lowest BCUT2D eigenvalue weighted by atomic mass is 10.1. The van der Waals surface area contributed by atoms with Crippen LogP contribution in [0.5, 0.6) is 5.75 Å². The molecular weight excluding hydrogens is 363 g/mol. The number of hydrogen-bond acceptors (Lipinski definition) is 4. The van der Waals surface area contributed by atoms with Crippen LogP contribution in [0, 0.1) is 5.82 Å². The summed E-state index contributed by atoms with van der Waals surface area (Å²) in [6.45, 7) is 6.29. The van der Waals surface area contributed by atoms with E-state index in [4.69, 9.17) is 21.1 Å². The van der Waals surface area contributed by atoms with Crippen molar-refractivity contribution >= 4 is 23.6 Å². The molecule has 1 aliphatic rings. The second kappa shape index (κ2) is 8.58. The number of amides is 2. The van der Waals surface area contributed by atoms with Gasteiger partial charge in [-0.3, -0.25) is 4.79 Å². The Labute approximate surface area is 157 Å². The average Bonchev–Trinajstić information content (AvgIpc) is 2.55. The number of hydrogen-bond donors (Lipinski definition) is 1. The summed E-state index contributed by atoms with van der Waals surface area (Å²) in [5.41, 5.74) is -0.527. The monoisotopic (exact) mass is 386 g/mol. The van der Waals surface area contributed by atoms with E-state index in [0.717, 1.165) is 6.07 Å². The minimum Gasteiger partial charge on any atom is -0.484 e. The smallest absolute Gasteiger partial charge is 0.410 e. The van der Waals surface area contributed by atoms with Crippen LogP contribution in [0.2, 0.25) is 5.02 Å². The van der Waals surface area contributed by atoms with E-state index in [1.165, 1.54) is 12.1 Å². The Balaban J connectivity index is 1.72. The van der Waals surface area contributed by atoms with Crippen LogP contribution in [-0.2, 0) is 9.53 Å². The number of carbonyl (C=O) groups is 2. The first kappa shape index (κ1) is 20.3. The second-order valence-electron chi connectivity index (χ2n) is 7.17. The van der Waals surface area contributed by atoms with Gasteiger partial charge in [-0.1, -0.05) is 11.6 Å². The van der Waals surface area contributed by atoms with Crippen molar-refractivity contribution in [3.63, 3.8) is 0 Å². The van der Waals surface area contributed by atoms with Crippen LogP contribution in [0.1, 0.15) is 33.6 Å². The molecule has 0 unspecified atom stereocenters. The largest absolute Gasteiger partial charge is 0.484 e. The Hall–Kier alpha value is -2.02. The van der Waals surface area contributed by atoms with E-state index in [1.807, 2.05) is 20.8 Å². The molecule has 1 fully saturated rings. The van der Waals surface area contributed by atoms with Gasteiger partial charge >= 0.3 is 6.09 Å². The summed E-state index contributed by atoms with van der Waals surface area (Å²) in [7, 11) is 0. The van der Waals surface area contributed by atoms with Crippen molar-refractivity contribution in [2.75, 3.05) is 19.7 Å². The van der Waals surface area contributed by atoms with Crippen molar-refractivity contribution < 1.29 is 23.5 Å². The van der Waals surface area contributed by atoms with E-state index in [-0.39, 0.29) is 35.4 Å². The Bertz CT molecular complexity index is 655. The SMILES string of the molecule is CC(C)(C)OC(=O)N1CCC(NC(=O)COc2ccc(Cl)c(F)c2)CC1. The van der Waals surface area contributed by atoms with Crippen LogP contribution in [0.15, 0.2) is 18.2 Å². The molecule has 0 bridgehead atoms. The van der Waals surface area contributed by atoms with E-state index in [1.54, 1.807) is 4.90 Å². The number of likely N-dealkylation sites (tertiary alicyclic amines) is 1. The van der Waals surface area contributed by atoms with Gasteiger partial charge in [0.05, 0.1) is 5.02 Å². The van der Waals surface area contributed by atoms with Crippen molar-refractivity contribution in [3.05, 3.63) is 29.0 Å². The number of ether oxygens (including phenoxy) is 2. The molecule has 0 spiro atoms. The first-order valence-electron chi connectivity index (χ1n) is 8.49. The summed E-state index contributed by atoms with van der Waals surface area (Å²) in [5.74, 6) is -0.656. The van der Waals surface area contributed by atoms with Gasteiger partial charge in [0, 0.05) is 25.2 Å². The maximum atomic E-state index is 13.3. The second-order valence-corrected chi connectivity index (χ2v) is 7.58. The van der Waals surface area contributed by atoms with Crippen LogP contribution < -0.4 is 10.1 Å². The van der Waals surface area contributed by atoms with Crippen LogP contribution in [0.4, 0.5) is 9.18 Å². The Morgan fingerprint density at radius 1 is 1.31 bits per heavy atom. The number of nitrogens with one attached hydrogen (secondary N) is 1. The quantitative estimate of drug-likeness (QED) is 0.861. The Morgan fingerprint density at radius 3 is 2.54 bits per heavy atom. The van der Waals surface area contributed by atoms with Crippen LogP contribution in [0.25, 0.3) is 0 Å². The van der Waals surface area contributed by atoms with E-state index in [9.17, 15) is 14.0 Å². The van der Waals surface area contributed by atoms with Crippen molar-refractivity contribution in [1.82, 2.24) is 10.2 Å². The molecule has 0 saturated carbocycles. The molecular formula is C18H24ClFN2O4. The van der Waals surface area contributed by atoms with Gasteiger partial charge in [0.15, 0.2) is 6.61 Å². The van der Waals surface area contributed by atoms with Gasteiger partial charge in [-0.15, -0.1) is 0 Å². The third kappa shape index (κ3) is 6.37. The molecule has 8 heteroatoms. The molecule has 1 saturated heterocycles. The van der Waals surface area contributed by atoms with Gasteiger partial charge < -0.3 is 19.7 Å². The fraction of sp³-hybridized carbons (Fsp3) is 0.556. The maximum Gasteiger partial charge on any atom is 0.410 e. The normalized spacial score (nSPS) is 15.5. The number of benzene rings is 1. The first-order valence-corrected chi connectivity index (χ1v) is 8.87. The van der Waals surface area contributed by atoms with Gasteiger partial charge in [-0.05, 0) is 45.7 Å². The van der Waals surface area contributed by atoms with Gasteiger partial charge in [-0.25, -0.2) is 9.18 Å².